The van der Waals surface area contributed by atoms with Crippen molar-refractivity contribution < 1.29 is 13.2 Å². The van der Waals surface area contributed by atoms with Crippen LogP contribution < -0.4 is 4.90 Å². The van der Waals surface area contributed by atoms with E-state index in [9.17, 15) is 13.2 Å². The Morgan fingerprint density at radius 2 is 1.50 bits per heavy atom. The first kappa shape index (κ1) is 26.2. The number of hydrogen-bond acceptors (Lipinski definition) is 4. The van der Waals surface area contributed by atoms with Crippen LogP contribution in [-0.2, 0) is 21.4 Å². The van der Waals surface area contributed by atoms with E-state index in [0.717, 1.165) is 11.1 Å². The smallest absolute Gasteiger partial charge is 0.243 e. The van der Waals surface area contributed by atoms with E-state index in [1.165, 1.54) is 33.3 Å². The minimum Gasteiger partial charge on any atom is -0.368 e. The summed E-state index contributed by atoms with van der Waals surface area (Å²) in [7, 11) is -3.91. The van der Waals surface area contributed by atoms with Crippen LogP contribution in [0.2, 0.25) is 5.02 Å². The zero-order valence-corrected chi connectivity index (χ0v) is 22.5. The van der Waals surface area contributed by atoms with Gasteiger partial charge >= 0.3 is 0 Å². The van der Waals surface area contributed by atoms with Gasteiger partial charge in [0, 0.05) is 43.4 Å². The molecule has 0 saturated carbocycles. The van der Waals surface area contributed by atoms with Crippen LogP contribution in [0.15, 0.2) is 71.6 Å². The van der Waals surface area contributed by atoms with Gasteiger partial charge in [-0.05, 0) is 73.4 Å². The second kappa shape index (κ2) is 11.0. The topological polar surface area (TPSA) is 60.9 Å². The monoisotopic (exact) mass is 525 g/mol. The molecule has 0 spiro atoms. The molecule has 6 nitrogen and oxygen atoms in total. The maximum Gasteiger partial charge on any atom is 0.243 e. The van der Waals surface area contributed by atoms with E-state index in [1.54, 1.807) is 17.0 Å². The van der Waals surface area contributed by atoms with Crippen LogP contribution in [0, 0.1) is 20.8 Å². The predicted octanol–water partition coefficient (Wildman–Crippen LogP) is 4.80. The molecule has 0 atom stereocenters. The molecule has 3 aromatic rings. The maximum absolute atomic E-state index is 13.6. The molecule has 190 valence electrons. The van der Waals surface area contributed by atoms with Gasteiger partial charge in [-0.15, -0.1) is 0 Å². The Kier molecular flexibility index (Phi) is 8.03. The molecule has 1 amide bonds. The molecule has 3 aromatic carbocycles. The summed E-state index contributed by atoms with van der Waals surface area (Å²) in [4.78, 5) is 17.5. The lowest BCUT2D eigenvalue weighted by Gasteiger charge is -2.37. The molecule has 1 aliphatic heterocycles. The van der Waals surface area contributed by atoms with E-state index >= 15 is 0 Å². The Hall–Kier alpha value is -2.87. The Morgan fingerprint density at radius 1 is 0.861 bits per heavy atom. The zero-order chi connectivity index (χ0) is 25.9. The Morgan fingerprint density at radius 3 is 2.17 bits per heavy atom. The van der Waals surface area contributed by atoms with E-state index < -0.39 is 10.0 Å². The number of amides is 1. The van der Waals surface area contributed by atoms with Crippen LogP contribution in [0.1, 0.15) is 22.3 Å². The van der Waals surface area contributed by atoms with E-state index in [0.29, 0.717) is 31.2 Å². The standard InChI is InChI=1S/C28H32ClN3O3S/c1-21-8-6-10-27(23(21)3)30-15-17-31(18-16-30)28(33)20-32(19-24-9-5-4-7-22(24)2)36(34,35)26-13-11-25(29)12-14-26/h4-14H,15-20H2,1-3H3. The summed E-state index contributed by atoms with van der Waals surface area (Å²) in [5.41, 5.74) is 5.51. The molecule has 1 fully saturated rings. The molecule has 0 aromatic heterocycles. The van der Waals surface area contributed by atoms with Gasteiger partial charge < -0.3 is 9.80 Å². The van der Waals surface area contributed by atoms with E-state index in [2.05, 4.69) is 36.9 Å². The average molecular weight is 526 g/mol. The normalized spacial score (nSPS) is 14.4. The van der Waals surface area contributed by atoms with Crippen molar-refractivity contribution in [2.45, 2.75) is 32.2 Å². The highest BCUT2D eigenvalue weighted by Gasteiger charge is 2.30. The first-order valence-electron chi connectivity index (χ1n) is 12.1. The molecule has 0 aliphatic carbocycles. The second-order valence-electron chi connectivity index (χ2n) is 9.24. The Balaban J connectivity index is 1.52. The number of carbonyl (C=O) groups excluding carboxylic acids is 1. The lowest BCUT2D eigenvalue weighted by molar-refractivity contribution is -0.131. The van der Waals surface area contributed by atoms with Crippen LogP contribution in [0.4, 0.5) is 5.69 Å². The predicted molar refractivity (Wildman–Crippen MR) is 145 cm³/mol. The number of hydrogen-bond donors (Lipinski definition) is 0. The Bertz CT molecular complexity index is 1330. The van der Waals surface area contributed by atoms with Gasteiger partial charge in [-0.1, -0.05) is 48.0 Å². The fraction of sp³-hybridized carbons (Fsp3) is 0.321. The second-order valence-corrected chi connectivity index (χ2v) is 11.6. The van der Waals surface area contributed by atoms with Gasteiger partial charge in [-0.25, -0.2) is 8.42 Å². The van der Waals surface area contributed by atoms with E-state index in [1.807, 2.05) is 31.2 Å². The lowest BCUT2D eigenvalue weighted by atomic mass is 10.1. The molecule has 8 heteroatoms. The van der Waals surface area contributed by atoms with Crippen molar-refractivity contribution in [3.8, 4) is 0 Å². The van der Waals surface area contributed by atoms with Gasteiger partial charge in [0.15, 0.2) is 0 Å². The number of sulfonamides is 1. The summed E-state index contributed by atoms with van der Waals surface area (Å²) in [5, 5.41) is 0.456. The molecule has 0 bridgehead atoms. The molecule has 1 aliphatic rings. The van der Waals surface area contributed by atoms with Crippen molar-refractivity contribution in [3.05, 3.63) is 94.0 Å². The highest BCUT2D eigenvalue weighted by Crippen LogP contribution is 2.25. The molecule has 4 rings (SSSR count). The van der Waals surface area contributed by atoms with E-state index in [4.69, 9.17) is 11.6 Å². The summed E-state index contributed by atoms with van der Waals surface area (Å²) in [5.74, 6) is -0.193. The third kappa shape index (κ3) is 5.75. The SMILES string of the molecule is Cc1ccccc1CN(CC(=O)N1CCN(c2cccc(C)c2C)CC1)S(=O)(=O)c1ccc(Cl)cc1. The molecule has 1 saturated heterocycles. The first-order chi connectivity index (χ1) is 17.2. The Labute approximate surface area is 219 Å². The van der Waals surface area contributed by atoms with Crippen LogP contribution in [0.3, 0.4) is 0 Å². The molecule has 0 radical (unpaired) electrons. The molecule has 0 N–H and O–H groups in total. The summed E-state index contributed by atoms with van der Waals surface area (Å²) in [6.45, 7) is 8.56. The third-order valence-electron chi connectivity index (χ3n) is 6.92. The number of carbonyl (C=O) groups is 1. The highest BCUT2D eigenvalue weighted by molar-refractivity contribution is 7.89. The molecule has 36 heavy (non-hydrogen) atoms. The minimum atomic E-state index is -3.91. The minimum absolute atomic E-state index is 0.117. The van der Waals surface area contributed by atoms with Gasteiger partial charge in [-0.2, -0.15) is 4.31 Å². The molecule has 1 heterocycles. The lowest BCUT2D eigenvalue weighted by Crippen LogP contribution is -2.52. The van der Waals surface area contributed by atoms with Crippen LogP contribution >= 0.6 is 11.6 Å². The summed E-state index contributed by atoms with van der Waals surface area (Å²) >= 11 is 5.98. The van der Waals surface area contributed by atoms with Gasteiger partial charge in [0.1, 0.15) is 0 Å². The van der Waals surface area contributed by atoms with Crippen molar-refractivity contribution in [3.63, 3.8) is 0 Å². The highest BCUT2D eigenvalue weighted by atomic mass is 35.5. The van der Waals surface area contributed by atoms with Gasteiger partial charge in [0.2, 0.25) is 15.9 Å². The van der Waals surface area contributed by atoms with Crippen molar-refractivity contribution >= 4 is 33.2 Å². The summed E-state index contributed by atoms with van der Waals surface area (Å²) in [6, 6.07) is 20.0. The summed E-state index contributed by atoms with van der Waals surface area (Å²) in [6.07, 6.45) is 0. The maximum atomic E-state index is 13.6. The number of benzene rings is 3. The number of rotatable bonds is 7. The molecular weight excluding hydrogens is 494 g/mol. The fourth-order valence-corrected chi connectivity index (χ4v) is 5.98. The molecule has 0 unspecified atom stereocenters. The van der Waals surface area contributed by atoms with Crippen LogP contribution in [0.25, 0.3) is 0 Å². The number of anilines is 1. The van der Waals surface area contributed by atoms with Gasteiger partial charge in [0.25, 0.3) is 0 Å². The number of piperazine rings is 1. The largest absolute Gasteiger partial charge is 0.368 e. The number of nitrogens with zero attached hydrogens (tertiary/aromatic N) is 3. The third-order valence-corrected chi connectivity index (χ3v) is 8.98. The summed E-state index contributed by atoms with van der Waals surface area (Å²) < 4.78 is 28.5. The quantitative estimate of drug-likeness (QED) is 0.444. The van der Waals surface area contributed by atoms with Gasteiger partial charge in [0.05, 0.1) is 11.4 Å². The van der Waals surface area contributed by atoms with Crippen molar-refractivity contribution in [2.24, 2.45) is 0 Å². The van der Waals surface area contributed by atoms with Crippen LogP contribution in [0.5, 0.6) is 0 Å². The van der Waals surface area contributed by atoms with Crippen molar-refractivity contribution in [2.75, 3.05) is 37.6 Å². The van der Waals surface area contributed by atoms with E-state index in [-0.39, 0.29) is 23.9 Å². The average Bonchev–Trinajstić information content (AvgIpc) is 2.87. The first-order valence-corrected chi connectivity index (χ1v) is 13.9. The number of aryl methyl sites for hydroxylation is 2. The zero-order valence-electron chi connectivity index (χ0n) is 20.9. The van der Waals surface area contributed by atoms with Crippen LogP contribution in [-0.4, -0.2) is 56.3 Å². The van der Waals surface area contributed by atoms with Gasteiger partial charge in [-0.3, -0.25) is 4.79 Å². The van der Waals surface area contributed by atoms with Crippen molar-refractivity contribution in [1.82, 2.24) is 9.21 Å². The number of halogens is 1. The van der Waals surface area contributed by atoms with Crippen molar-refractivity contribution in [1.29, 1.82) is 0 Å². The molecular formula is C28H32ClN3O3S. The fourth-order valence-electron chi connectivity index (χ4n) is 4.48.